The van der Waals surface area contributed by atoms with Crippen LogP contribution in [0.15, 0.2) is 18.5 Å². The molecule has 1 aliphatic rings. The molecule has 0 unspecified atom stereocenters. The lowest BCUT2D eigenvalue weighted by Gasteiger charge is -2.37. The maximum absolute atomic E-state index is 11.0. The fourth-order valence-electron chi connectivity index (χ4n) is 2.26. The van der Waals surface area contributed by atoms with E-state index in [2.05, 4.69) is 23.7 Å². The molecule has 1 aromatic rings. The predicted octanol–water partition coefficient (Wildman–Crippen LogP) is 1.52. The molecule has 0 spiro atoms. The number of hydrogen-bond donors (Lipinski definition) is 0. The Morgan fingerprint density at radius 3 is 2.56 bits per heavy atom. The molecular weight excluding hydrogens is 232 g/mol. The molecule has 0 aliphatic carbocycles. The average Bonchev–Trinajstić information content (AvgIpc) is 2.39. The van der Waals surface area contributed by atoms with Gasteiger partial charge in [-0.25, -0.2) is 0 Å². The third-order valence-electron chi connectivity index (χ3n) is 3.36. The smallest absolute Gasteiger partial charge is 0.295 e. The summed E-state index contributed by atoms with van der Waals surface area (Å²) in [4.78, 5) is 19.1. The summed E-state index contributed by atoms with van der Waals surface area (Å²) in [6.07, 6.45) is 3.05. The van der Waals surface area contributed by atoms with Crippen molar-refractivity contribution in [3.8, 4) is 0 Å². The van der Waals surface area contributed by atoms with Crippen LogP contribution in [0.1, 0.15) is 13.8 Å². The van der Waals surface area contributed by atoms with E-state index in [1.54, 1.807) is 6.20 Å². The van der Waals surface area contributed by atoms with E-state index in [4.69, 9.17) is 0 Å². The summed E-state index contributed by atoms with van der Waals surface area (Å²) >= 11 is 0. The summed E-state index contributed by atoms with van der Waals surface area (Å²) in [5.41, 5.74) is 0.772. The molecule has 0 bridgehead atoms. The molecule has 98 valence electrons. The molecule has 2 rings (SSSR count). The van der Waals surface area contributed by atoms with Gasteiger partial charge in [0.1, 0.15) is 5.69 Å². The lowest BCUT2D eigenvalue weighted by molar-refractivity contribution is -0.384. The van der Waals surface area contributed by atoms with Gasteiger partial charge in [0, 0.05) is 44.5 Å². The first-order valence-corrected chi connectivity index (χ1v) is 6.17. The van der Waals surface area contributed by atoms with Crippen LogP contribution in [-0.2, 0) is 0 Å². The Labute approximate surface area is 106 Å². The maximum atomic E-state index is 11.0. The molecule has 0 aromatic carbocycles. The van der Waals surface area contributed by atoms with Crippen LogP contribution in [0.25, 0.3) is 0 Å². The number of nitrogens with zero attached hydrogens (tertiary/aromatic N) is 4. The summed E-state index contributed by atoms with van der Waals surface area (Å²) < 4.78 is 0. The quantitative estimate of drug-likeness (QED) is 0.601. The largest absolute Gasteiger partial charge is 0.362 e. The van der Waals surface area contributed by atoms with Crippen LogP contribution in [0.5, 0.6) is 0 Å². The summed E-state index contributed by atoms with van der Waals surface area (Å²) in [5, 5.41) is 11.0. The molecule has 0 amide bonds. The normalized spacial score (nSPS) is 17.2. The van der Waals surface area contributed by atoms with E-state index in [1.165, 1.54) is 12.3 Å². The fraction of sp³-hybridized carbons (Fsp3) is 0.583. The van der Waals surface area contributed by atoms with Crippen LogP contribution in [0.4, 0.5) is 11.4 Å². The second-order valence-electron chi connectivity index (χ2n) is 4.74. The van der Waals surface area contributed by atoms with Crippen LogP contribution in [0.2, 0.25) is 0 Å². The van der Waals surface area contributed by atoms with E-state index < -0.39 is 0 Å². The third-order valence-corrected chi connectivity index (χ3v) is 3.36. The second-order valence-corrected chi connectivity index (χ2v) is 4.74. The number of aromatic nitrogens is 1. The highest BCUT2D eigenvalue weighted by molar-refractivity contribution is 5.61. The second kappa shape index (κ2) is 5.30. The Morgan fingerprint density at radius 1 is 1.33 bits per heavy atom. The minimum atomic E-state index is -0.341. The van der Waals surface area contributed by atoms with Gasteiger partial charge in [0.15, 0.2) is 0 Å². The van der Waals surface area contributed by atoms with E-state index in [9.17, 15) is 10.1 Å². The highest BCUT2D eigenvalue weighted by Crippen LogP contribution is 2.27. The van der Waals surface area contributed by atoms with Gasteiger partial charge >= 0.3 is 0 Å². The van der Waals surface area contributed by atoms with Crippen molar-refractivity contribution < 1.29 is 4.92 Å². The summed E-state index contributed by atoms with van der Waals surface area (Å²) in [6, 6.07) is 1.99. The molecule has 0 saturated carbocycles. The van der Waals surface area contributed by atoms with Gasteiger partial charge < -0.3 is 4.90 Å². The van der Waals surface area contributed by atoms with Gasteiger partial charge in [-0.3, -0.25) is 20.0 Å². The highest BCUT2D eigenvalue weighted by atomic mass is 16.6. The summed E-state index contributed by atoms with van der Waals surface area (Å²) in [6.45, 7) is 7.83. The molecule has 18 heavy (non-hydrogen) atoms. The van der Waals surface area contributed by atoms with Gasteiger partial charge in [-0.2, -0.15) is 0 Å². The zero-order chi connectivity index (χ0) is 13.1. The number of hydrogen-bond acceptors (Lipinski definition) is 5. The Kier molecular flexibility index (Phi) is 3.76. The average molecular weight is 250 g/mol. The first kappa shape index (κ1) is 12.8. The molecule has 1 aromatic heterocycles. The van der Waals surface area contributed by atoms with Gasteiger partial charge in [-0.05, 0) is 13.8 Å². The third kappa shape index (κ3) is 2.59. The Hall–Kier alpha value is -1.69. The molecule has 1 fully saturated rings. The molecule has 1 aliphatic heterocycles. The lowest BCUT2D eigenvalue weighted by atomic mass is 10.2. The van der Waals surface area contributed by atoms with Gasteiger partial charge in [-0.1, -0.05) is 0 Å². The Morgan fingerprint density at radius 2 is 2.00 bits per heavy atom. The highest BCUT2D eigenvalue weighted by Gasteiger charge is 2.24. The van der Waals surface area contributed by atoms with Gasteiger partial charge in [0.25, 0.3) is 5.69 Å². The number of piperazine rings is 1. The van der Waals surface area contributed by atoms with E-state index in [0.717, 1.165) is 26.2 Å². The van der Waals surface area contributed by atoms with Crippen molar-refractivity contribution in [1.29, 1.82) is 0 Å². The van der Waals surface area contributed by atoms with Crippen molar-refractivity contribution in [1.82, 2.24) is 9.88 Å². The lowest BCUT2D eigenvalue weighted by Crippen LogP contribution is -2.49. The predicted molar refractivity (Wildman–Crippen MR) is 69.8 cm³/mol. The van der Waals surface area contributed by atoms with Crippen molar-refractivity contribution in [2.45, 2.75) is 19.9 Å². The van der Waals surface area contributed by atoms with Gasteiger partial charge in [-0.15, -0.1) is 0 Å². The fourth-order valence-corrected chi connectivity index (χ4v) is 2.26. The van der Waals surface area contributed by atoms with Crippen LogP contribution in [-0.4, -0.2) is 47.0 Å². The molecule has 6 heteroatoms. The van der Waals surface area contributed by atoms with Crippen molar-refractivity contribution in [3.05, 3.63) is 28.6 Å². The van der Waals surface area contributed by atoms with Crippen LogP contribution >= 0.6 is 0 Å². The molecule has 1 saturated heterocycles. The SMILES string of the molecule is CC(C)N1CCN(c2cnccc2[N+](=O)[O-])CC1. The molecule has 6 nitrogen and oxygen atoms in total. The molecular formula is C12H18N4O2. The van der Waals surface area contributed by atoms with Crippen LogP contribution in [0, 0.1) is 10.1 Å². The van der Waals surface area contributed by atoms with Crippen LogP contribution in [0.3, 0.4) is 0 Å². The maximum Gasteiger partial charge on any atom is 0.295 e. The van der Waals surface area contributed by atoms with E-state index in [1.807, 2.05) is 4.90 Å². The van der Waals surface area contributed by atoms with Gasteiger partial charge in [0.2, 0.25) is 0 Å². The first-order valence-electron chi connectivity index (χ1n) is 6.17. The zero-order valence-corrected chi connectivity index (χ0v) is 10.7. The summed E-state index contributed by atoms with van der Waals surface area (Å²) in [5.74, 6) is 0. The number of rotatable bonds is 3. The number of anilines is 1. The minimum Gasteiger partial charge on any atom is -0.362 e. The van der Waals surface area contributed by atoms with Crippen molar-refractivity contribution in [2.75, 3.05) is 31.1 Å². The van der Waals surface area contributed by atoms with Crippen LogP contribution < -0.4 is 4.90 Å². The van der Waals surface area contributed by atoms with Crippen molar-refractivity contribution in [3.63, 3.8) is 0 Å². The standard InChI is InChI=1S/C12H18N4O2/c1-10(2)14-5-7-15(8-6-14)12-9-13-4-3-11(12)16(17)18/h3-4,9-10H,5-8H2,1-2H3. The molecule has 2 heterocycles. The Balaban J connectivity index is 2.12. The van der Waals surface area contributed by atoms with Crippen molar-refractivity contribution >= 4 is 11.4 Å². The number of nitro groups is 1. The molecule has 0 N–H and O–H groups in total. The van der Waals surface area contributed by atoms with E-state index >= 15 is 0 Å². The van der Waals surface area contributed by atoms with E-state index in [0.29, 0.717) is 11.7 Å². The van der Waals surface area contributed by atoms with Crippen molar-refractivity contribution in [2.24, 2.45) is 0 Å². The summed E-state index contributed by atoms with van der Waals surface area (Å²) in [7, 11) is 0. The monoisotopic (exact) mass is 250 g/mol. The van der Waals surface area contributed by atoms with E-state index in [-0.39, 0.29) is 10.6 Å². The molecule has 0 atom stereocenters. The zero-order valence-electron chi connectivity index (χ0n) is 10.7. The topological polar surface area (TPSA) is 62.5 Å². The molecule has 0 radical (unpaired) electrons. The minimum absolute atomic E-state index is 0.142. The van der Waals surface area contributed by atoms with Gasteiger partial charge in [0.05, 0.1) is 11.1 Å². The first-order chi connectivity index (χ1) is 8.59. The Bertz CT molecular complexity index is 428. The number of pyridine rings is 1.